The molecule has 262 valence electrons. The molecule has 0 amide bonds. The summed E-state index contributed by atoms with van der Waals surface area (Å²) in [6.07, 6.45) is -0.560. The monoisotopic (exact) mass is 770 g/mol. The minimum atomic E-state index is -1.27. The molecule has 2 aliphatic rings. The summed E-state index contributed by atoms with van der Waals surface area (Å²) in [4.78, 5) is 24.6. The molecule has 0 radical (unpaired) electrons. The molecule has 4 rings (SSSR count). The van der Waals surface area contributed by atoms with Gasteiger partial charge in [0.25, 0.3) is 0 Å². The lowest BCUT2D eigenvalue weighted by atomic mass is 10.1. The predicted octanol–water partition coefficient (Wildman–Crippen LogP) is 8.38. The number of ether oxygens (including phenoxy) is 6. The Bertz CT molecular complexity index is 1350. The van der Waals surface area contributed by atoms with Crippen LogP contribution in [0.3, 0.4) is 0 Å². The lowest BCUT2D eigenvalue weighted by Crippen LogP contribution is -2.42. The molecule has 0 aromatic heterocycles. The van der Waals surface area contributed by atoms with Crippen LogP contribution in [0.5, 0.6) is 11.5 Å². The number of thioether (sulfide) groups is 6. The molecule has 2 aromatic carbocycles. The van der Waals surface area contributed by atoms with Crippen LogP contribution in [0.15, 0.2) is 72.8 Å². The number of esters is 2. The zero-order valence-electron chi connectivity index (χ0n) is 27.3. The van der Waals surface area contributed by atoms with Crippen LogP contribution >= 0.6 is 70.6 Å². The van der Waals surface area contributed by atoms with Gasteiger partial charge in [-0.2, -0.15) is 0 Å². The van der Waals surface area contributed by atoms with Gasteiger partial charge in [-0.1, -0.05) is 37.4 Å². The molecule has 2 atom stereocenters. The second-order valence-electron chi connectivity index (χ2n) is 11.0. The van der Waals surface area contributed by atoms with Crippen molar-refractivity contribution in [3.05, 3.63) is 72.8 Å². The fourth-order valence-corrected chi connectivity index (χ4v) is 13.3. The maximum absolute atomic E-state index is 12.4. The summed E-state index contributed by atoms with van der Waals surface area (Å²) in [6.45, 7) is 13.8. The first-order valence-corrected chi connectivity index (χ1v) is 21.7. The highest BCUT2D eigenvalue weighted by molar-refractivity contribution is 8.33. The van der Waals surface area contributed by atoms with Crippen molar-refractivity contribution >= 4 is 82.5 Å². The lowest BCUT2D eigenvalue weighted by Gasteiger charge is -2.31. The second kappa shape index (κ2) is 20.4. The molecule has 2 saturated heterocycles. The first kappa shape index (κ1) is 39.3. The smallest absolute Gasteiger partial charge is 0.335 e. The minimum Gasteiger partial charge on any atom is -0.490 e. The van der Waals surface area contributed by atoms with Crippen LogP contribution in [-0.2, 0) is 28.5 Å². The van der Waals surface area contributed by atoms with Crippen molar-refractivity contribution in [1.29, 1.82) is 0 Å². The molecule has 2 heterocycles. The third-order valence-electron chi connectivity index (χ3n) is 6.69. The first-order valence-electron chi connectivity index (χ1n) is 15.2. The van der Waals surface area contributed by atoms with Crippen LogP contribution in [0.25, 0.3) is 11.1 Å². The minimum absolute atomic E-state index is 0.0274. The lowest BCUT2D eigenvalue weighted by molar-refractivity contribution is -0.229. The number of carbonyl (C=O) groups excluding carboxylic acids is 2. The Morgan fingerprint density at radius 3 is 1.77 bits per heavy atom. The summed E-state index contributed by atoms with van der Waals surface area (Å²) in [7, 11) is 0. The zero-order chi connectivity index (χ0) is 34.4. The van der Waals surface area contributed by atoms with E-state index in [9.17, 15) is 9.59 Å². The fourth-order valence-electron chi connectivity index (χ4n) is 4.04. The van der Waals surface area contributed by atoms with E-state index in [1.165, 1.54) is 0 Å². The largest absolute Gasteiger partial charge is 0.490 e. The molecular formula is C34H42O8S6. The van der Waals surface area contributed by atoms with E-state index in [2.05, 4.69) is 13.2 Å². The van der Waals surface area contributed by atoms with Crippen molar-refractivity contribution in [2.75, 3.05) is 53.4 Å². The third kappa shape index (κ3) is 13.7. The standard InChI is InChI=1S/C34H42O8S6/c1-23(2)32(35)41-29(14-37-16-30-45-19-43-20-46-30)15-38-27-10-6-25(7-11-27)26-8-12-28(13-9-26)39-18-34(5,42-33(36)24(3)4)40-17-31-47-21-44-22-48-31/h6-13,29-31H,1,3,14-22H2,2,4-5H3. The Labute approximate surface area is 309 Å². The Kier molecular flexibility index (Phi) is 16.7. The van der Waals surface area contributed by atoms with Crippen LogP contribution in [0.2, 0.25) is 0 Å². The molecule has 0 saturated carbocycles. The Morgan fingerprint density at radius 1 is 0.750 bits per heavy atom. The molecule has 0 N–H and O–H groups in total. The molecule has 2 aromatic rings. The molecule has 14 heteroatoms. The number of hydrogen-bond donors (Lipinski definition) is 0. The number of rotatable bonds is 18. The van der Waals surface area contributed by atoms with E-state index in [1.54, 1.807) is 20.8 Å². The SMILES string of the molecule is C=C(C)C(=O)OC(COCC1SCSCS1)COc1ccc(-c2ccc(OCC(C)(OCC3SCSCS3)OC(=O)C(=C)C)cc2)cc1. The van der Waals surface area contributed by atoms with Crippen molar-refractivity contribution in [1.82, 2.24) is 0 Å². The molecule has 0 spiro atoms. The van der Waals surface area contributed by atoms with Crippen LogP contribution in [0.1, 0.15) is 20.8 Å². The van der Waals surface area contributed by atoms with Crippen LogP contribution in [0, 0.1) is 0 Å². The molecule has 0 aliphatic carbocycles. The predicted molar refractivity (Wildman–Crippen MR) is 206 cm³/mol. The average Bonchev–Trinajstić information content (AvgIpc) is 3.10. The van der Waals surface area contributed by atoms with Gasteiger partial charge in [-0.3, -0.25) is 0 Å². The molecule has 2 aliphatic heterocycles. The molecule has 2 fully saturated rings. The molecule has 2 unspecified atom stereocenters. The van der Waals surface area contributed by atoms with Crippen LogP contribution in [0.4, 0.5) is 0 Å². The van der Waals surface area contributed by atoms with Crippen molar-refractivity contribution in [3.8, 4) is 22.6 Å². The maximum atomic E-state index is 12.4. The van der Waals surface area contributed by atoms with E-state index >= 15 is 0 Å². The van der Waals surface area contributed by atoms with Gasteiger partial charge in [0, 0.05) is 38.4 Å². The number of carbonyl (C=O) groups is 2. The summed E-state index contributed by atoms with van der Waals surface area (Å²) in [5.41, 5.74) is 2.61. The van der Waals surface area contributed by atoms with Gasteiger partial charge in [-0.15, -0.1) is 70.6 Å². The number of benzene rings is 2. The second-order valence-corrected chi connectivity index (χ2v) is 19.8. The quantitative estimate of drug-likeness (QED) is 0.0826. The zero-order valence-corrected chi connectivity index (χ0v) is 32.2. The van der Waals surface area contributed by atoms with Crippen molar-refractivity contribution in [2.45, 2.75) is 41.8 Å². The normalized spacial score (nSPS) is 17.5. The Hall–Kier alpha value is -1.52. The van der Waals surface area contributed by atoms with Gasteiger partial charge in [0.2, 0.25) is 5.79 Å². The highest BCUT2D eigenvalue weighted by Crippen LogP contribution is 2.37. The van der Waals surface area contributed by atoms with E-state index in [0.29, 0.717) is 40.4 Å². The van der Waals surface area contributed by atoms with E-state index in [1.807, 2.05) is 119 Å². The average molecular weight is 771 g/mol. The van der Waals surface area contributed by atoms with Crippen molar-refractivity contribution in [3.63, 3.8) is 0 Å². The van der Waals surface area contributed by atoms with Crippen LogP contribution in [-0.4, -0.2) is 86.4 Å². The highest BCUT2D eigenvalue weighted by Gasteiger charge is 2.33. The van der Waals surface area contributed by atoms with Gasteiger partial charge in [0.15, 0.2) is 12.7 Å². The van der Waals surface area contributed by atoms with Gasteiger partial charge in [0.1, 0.15) is 18.1 Å². The van der Waals surface area contributed by atoms with Gasteiger partial charge >= 0.3 is 11.9 Å². The van der Waals surface area contributed by atoms with Gasteiger partial charge in [0.05, 0.1) is 29.0 Å². The first-order chi connectivity index (χ1) is 23.1. The molecule has 0 bridgehead atoms. The highest BCUT2D eigenvalue weighted by atomic mass is 32.3. The summed E-state index contributed by atoms with van der Waals surface area (Å²) in [5.74, 6) is -0.980. The molecular weight excluding hydrogens is 729 g/mol. The van der Waals surface area contributed by atoms with Gasteiger partial charge in [-0.05, 0) is 49.2 Å². The van der Waals surface area contributed by atoms with E-state index in [0.717, 1.165) is 31.5 Å². The third-order valence-corrected chi connectivity index (χ3v) is 15.2. The number of hydrogen-bond acceptors (Lipinski definition) is 14. The van der Waals surface area contributed by atoms with Crippen molar-refractivity contribution in [2.24, 2.45) is 0 Å². The van der Waals surface area contributed by atoms with Gasteiger partial charge < -0.3 is 28.4 Å². The summed E-state index contributed by atoms with van der Waals surface area (Å²) in [6, 6.07) is 15.4. The van der Waals surface area contributed by atoms with E-state index in [4.69, 9.17) is 28.4 Å². The molecule has 48 heavy (non-hydrogen) atoms. The Morgan fingerprint density at radius 2 is 1.25 bits per heavy atom. The van der Waals surface area contributed by atoms with E-state index in [-0.39, 0.29) is 24.4 Å². The summed E-state index contributed by atoms with van der Waals surface area (Å²) in [5, 5.41) is 4.16. The Balaban J connectivity index is 1.29. The van der Waals surface area contributed by atoms with Gasteiger partial charge in [-0.25, -0.2) is 9.59 Å². The summed E-state index contributed by atoms with van der Waals surface area (Å²) < 4.78 is 35.9. The topological polar surface area (TPSA) is 89.5 Å². The van der Waals surface area contributed by atoms with Crippen molar-refractivity contribution < 1.29 is 38.0 Å². The maximum Gasteiger partial charge on any atom is 0.335 e. The molecule has 8 nitrogen and oxygen atoms in total. The summed E-state index contributed by atoms with van der Waals surface area (Å²) >= 11 is 11.2. The van der Waals surface area contributed by atoms with E-state index < -0.39 is 23.8 Å². The fraction of sp³-hybridized carbons (Fsp3) is 0.471. The van der Waals surface area contributed by atoms with Crippen LogP contribution < -0.4 is 9.47 Å².